The minimum atomic E-state index is -1.06. The lowest BCUT2D eigenvalue weighted by atomic mass is 10.1. The van der Waals surface area contributed by atoms with Crippen molar-refractivity contribution in [2.75, 3.05) is 31.1 Å². The minimum absolute atomic E-state index is 0.0763. The van der Waals surface area contributed by atoms with Gasteiger partial charge in [0.1, 0.15) is 17.2 Å². The topological polar surface area (TPSA) is 69.6 Å². The molecule has 2 aromatic carbocycles. The predicted molar refractivity (Wildman–Crippen MR) is 108 cm³/mol. The third-order valence-corrected chi connectivity index (χ3v) is 5.02. The van der Waals surface area contributed by atoms with Gasteiger partial charge >= 0.3 is 5.97 Å². The van der Waals surface area contributed by atoms with E-state index in [0.29, 0.717) is 30.3 Å². The van der Waals surface area contributed by atoms with Crippen LogP contribution in [0, 0.1) is 5.82 Å². The number of piperazine rings is 1. The zero-order valence-corrected chi connectivity index (χ0v) is 15.8. The number of nitrogens with zero attached hydrogens (tertiary/aromatic N) is 4. The Kier molecular flexibility index (Phi) is 5.48. The molecule has 29 heavy (non-hydrogen) atoms. The van der Waals surface area contributed by atoms with E-state index >= 15 is 0 Å². The van der Waals surface area contributed by atoms with Gasteiger partial charge in [-0.2, -0.15) is 0 Å². The van der Waals surface area contributed by atoms with Crippen molar-refractivity contribution in [3.05, 3.63) is 77.7 Å². The smallest absolute Gasteiger partial charge is 0.341 e. The largest absolute Gasteiger partial charge is 0.477 e. The summed E-state index contributed by atoms with van der Waals surface area (Å²) in [7, 11) is 0. The third-order valence-electron chi connectivity index (χ3n) is 5.02. The standard InChI is InChI=1S/C22H21FN4O2/c23-18-8-6-17(7-9-18)20-24-14-19(22(28)29)21(25-20)27-12-10-26(11-13-27)15-16-4-2-1-3-5-16/h1-9,14H,10-13,15H2,(H,28,29). The molecule has 3 aromatic rings. The van der Waals surface area contributed by atoms with Crippen molar-refractivity contribution >= 4 is 11.8 Å². The van der Waals surface area contributed by atoms with Crippen molar-refractivity contribution in [1.29, 1.82) is 0 Å². The Bertz CT molecular complexity index is 987. The molecule has 0 atom stereocenters. The molecule has 6 nitrogen and oxygen atoms in total. The van der Waals surface area contributed by atoms with Crippen LogP contribution in [0.25, 0.3) is 11.4 Å². The maximum absolute atomic E-state index is 13.2. The molecule has 7 heteroatoms. The average Bonchev–Trinajstić information content (AvgIpc) is 2.75. The van der Waals surface area contributed by atoms with Crippen LogP contribution < -0.4 is 4.90 Å². The number of hydrogen-bond acceptors (Lipinski definition) is 5. The van der Waals surface area contributed by atoms with Crippen LogP contribution in [-0.4, -0.2) is 52.1 Å². The summed E-state index contributed by atoms with van der Waals surface area (Å²) >= 11 is 0. The molecule has 1 saturated heterocycles. The maximum Gasteiger partial charge on any atom is 0.341 e. The van der Waals surface area contributed by atoms with Crippen LogP contribution in [-0.2, 0) is 6.54 Å². The van der Waals surface area contributed by atoms with E-state index in [0.717, 1.165) is 19.6 Å². The van der Waals surface area contributed by atoms with Crippen LogP contribution in [0.4, 0.5) is 10.2 Å². The maximum atomic E-state index is 13.2. The lowest BCUT2D eigenvalue weighted by Gasteiger charge is -2.36. The molecular weight excluding hydrogens is 371 g/mol. The van der Waals surface area contributed by atoms with Gasteiger partial charge in [0, 0.05) is 44.5 Å². The molecule has 0 bridgehead atoms. The Morgan fingerprint density at radius 1 is 1.00 bits per heavy atom. The number of halogens is 1. The van der Waals surface area contributed by atoms with Crippen LogP contribution in [0.3, 0.4) is 0 Å². The lowest BCUT2D eigenvalue weighted by Crippen LogP contribution is -2.46. The summed E-state index contributed by atoms with van der Waals surface area (Å²) in [4.78, 5) is 24.7. The van der Waals surface area contributed by atoms with Gasteiger partial charge in [0.15, 0.2) is 5.82 Å². The zero-order valence-electron chi connectivity index (χ0n) is 15.8. The molecule has 1 aliphatic rings. The van der Waals surface area contributed by atoms with Gasteiger partial charge in [-0.3, -0.25) is 4.90 Å². The number of hydrogen-bond donors (Lipinski definition) is 1. The zero-order chi connectivity index (χ0) is 20.2. The number of benzene rings is 2. The first-order chi connectivity index (χ1) is 14.1. The van der Waals surface area contributed by atoms with Crippen molar-refractivity contribution < 1.29 is 14.3 Å². The van der Waals surface area contributed by atoms with E-state index in [2.05, 4.69) is 27.0 Å². The van der Waals surface area contributed by atoms with Crippen molar-refractivity contribution in [2.24, 2.45) is 0 Å². The number of rotatable bonds is 5. The molecular formula is C22H21FN4O2. The molecule has 1 N–H and O–H groups in total. The fourth-order valence-corrected chi connectivity index (χ4v) is 3.46. The Hall–Kier alpha value is -3.32. The first kappa shape index (κ1) is 19.0. The van der Waals surface area contributed by atoms with E-state index in [-0.39, 0.29) is 11.4 Å². The van der Waals surface area contributed by atoms with Gasteiger partial charge in [0.05, 0.1) is 0 Å². The molecule has 1 aromatic heterocycles. The number of aromatic carboxylic acids is 1. The van der Waals surface area contributed by atoms with Crippen molar-refractivity contribution in [3.8, 4) is 11.4 Å². The van der Waals surface area contributed by atoms with Gasteiger partial charge in [-0.15, -0.1) is 0 Å². The fraction of sp³-hybridized carbons (Fsp3) is 0.227. The Morgan fingerprint density at radius 2 is 1.69 bits per heavy atom. The Morgan fingerprint density at radius 3 is 2.34 bits per heavy atom. The van der Waals surface area contributed by atoms with Crippen LogP contribution in [0.15, 0.2) is 60.8 Å². The molecule has 1 fully saturated rings. The number of anilines is 1. The van der Waals surface area contributed by atoms with E-state index in [4.69, 9.17) is 0 Å². The van der Waals surface area contributed by atoms with Gasteiger partial charge in [-0.05, 0) is 29.8 Å². The van der Waals surface area contributed by atoms with Gasteiger partial charge in [-0.1, -0.05) is 30.3 Å². The Labute approximate surface area is 168 Å². The van der Waals surface area contributed by atoms with Crippen LogP contribution in [0.5, 0.6) is 0 Å². The molecule has 2 heterocycles. The normalized spacial score (nSPS) is 14.7. The van der Waals surface area contributed by atoms with Crippen molar-refractivity contribution in [3.63, 3.8) is 0 Å². The summed E-state index contributed by atoms with van der Waals surface area (Å²) in [6, 6.07) is 16.1. The summed E-state index contributed by atoms with van der Waals surface area (Å²) in [5.74, 6) is -0.606. The second kappa shape index (κ2) is 8.36. The molecule has 4 rings (SSSR count). The highest BCUT2D eigenvalue weighted by atomic mass is 19.1. The van der Waals surface area contributed by atoms with E-state index < -0.39 is 5.97 Å². The van der Waals surface area contributed by atoms with Crippen LogP contribution >= 0.6 is 0 Å². The summed E-state index contributed by atoms with van der Waals surface area (Å²) in [5.41, 5.74) is 1.98. The molecule has 0 saturated carbocycles. The second-order valence-corrected chi connectivity index (χ2v) is 6.99. The van der Waals surface area contributed by atoms with Gasteiger partial charge < -0.3 is 10.0 Å². The van der Waals surface area contributed by atoms with Gasteiger partial charge in [0.2, 0.25) is 0 Å². The molecule has 0 spiro atoms. The summed E-state index contributed by atoms with van der Waals surface area (Å²) < 4.78 is 13.2. The summed E-state index contributed by atoms with van der Waals surface area (Å²) in [6.07, 6.45) is 1.33. The quantitative estimate of drug-likeness (QED) is 0.719. The number of carboxylic acids is 1. The lowest BCUT2D eigenvalue weighted by molar-refractivity contribution is 0.0696. The summed E-state index contributed by atoms with van der Waals surface area (Å²) in [5, 5.41) is 9.57. The van der Waals surface area contributed by atoms with Crippen molar-refractivity contribution in [2.45, 2.75) is 6.54 Å². The predicted octanol–water partition coefficient (Wildman–Crippen LogP) is 3.30. The first-order valence-corrected chi connectivity index (χ1v) is 9.47. The first-order valence-electron chi connectivity index (χ1n) is 9.47. The highest BCUT2D eigenvalue weighted by Crippen LogP contribution is 2.24. The van der Waals surface area contributed by atoms with Crippen LogP contribution in [0.2, 0.25) is 0 Å². The van der Waals surface area contributed by atoms with E-state index in [1.807, 2.05) is 23.1 Å². The number of carbonyl (C=O) groups is 1. The fourth-order valence-electron chi connectivity index (χ4n) is 3.46. The van der Waals surface area contributed by atoms with E-state index in [1.165, 1.54) is 23.9 Å². The minimum Gasteiger partial charge on any atom is -0.477 e. The highest BCUT2D eigenvalue weighted by Gasteiger charge is 2.24. The Balaban J connectivity index is 1.53. The van der Waals surface area contributed by atoms with E-state index in [9.17, 15) is 14.3 Å². The summed E-state index contributed by atoms with van der Waals surface area (Å²) in [6.45, 7) is 3.83. The van der Waals surface area contributed by atoms with Gasteiger partial charge in [0.25, 0.3) is 0 Å². The molecule has 0 amide bonds. The van der Waals surface area contributed by atoms with Crippen molar-refractivity contribution in [1.82, 2.24) is 14.9 Å². The van der Waals surface area contributed by atoms with Crippen LogP contribution in [0.1, 0.15) is 15.9 Å². The third kappa shape index (κ3) is 4.41. The molecule has 0 radical (unpaired) electrons. The highest BCUT2D eigenvalue weighted by molar-refractivity contribution is 5.93. The number of carboxylic acid groups (broad SMARTS) is 1. The SMILES string of the molecule is O=C(O)c1cnc(-c2ccc(F)cc2)nc1N1CCN(Cc2ccccc2)CC1. The second-order valence-electron chi connectivity index (χ2n) is 6.99. The molecule has 0 unspecified atom stereocenters. The number of aromatic nitrogens is 2. The average molecular weight is 392 g/mol. The molecule has 148 valence electrons. The monoisotopic (exact) mass is 392 g/mol. The molecule has 0 aliphatic carbocycles. The van der Waals surface area contributed by atoms with Gasteiger partial charge in [-0.25, -0.2) is 19.2 Å². The van der Waals surface area contributed by atoms with E-state index in [1.54, 1.807) is 12.1 Å². The molecule has 1 aliphatic heterocycles.